The topological polar surface area (TPSA) is 66.8 Å². The summed E-state index contributed by atoms with van der Waals surface area (Å²) < 4.78 is 19.3. The van der Waals surface area contributed by atoms with E-state index >= 15 is 0 Å². The number of aryl methyl sites for hydroxylation is 1. The highest BCUT2D eigenvalue weighted by molar-refractivity contribution is 6.51. The molecule has 4 rings (SSSR count). The highest BCUT2D eigenvalue weighted by Gasteiger charge is 2.46. The molecule has 1 N–H and O–H groups in total. The Morgan fingerprint density at radius 2 is 1.71 bits per heavy atom. The Labute approximate surface area is 198 Å². The maximum atomic E-state index is 13.5. The highest BCUT2D eigenvalue weighted by atomic mass is 19.1. The van der Waals surface area contributed by atoms with E-state index in [0.717, 1.165) is 5.56 Å². The summed E-state index contributed by atoms with van der Waals surface area (Å²) in [7, 11) is 0. The van der Waals surface area contributed by atoms with E-state index < -0.39 is 23.5 Å². The van der Waals surface area contributed by atoms with Crippen LogP contribution in [0.1, 0.15) is 36.6 Å². The number of hydrogen-bond acceptors (Lipinski definition) is 4. The first-order valence-corrected chi connectivity index (χ1v) is 11.1. The van der Waals surface area contributed by atoms with Gasteiger partial charge in [0.1, 0.15) is 17.3 Å². The molecule has 1 heterocycles. The first-order chi connectivity index (χ1) is 16.3. The number of hydrogen-bond donors (Lipinski definition) is 1. The second-order valence-corrected chi connectivity index (χ2v) is 8.74. The van der Waals surface area contributed by atoms with E-state index in [9.17, 15) is 19.1 Å². The lowest BCUT2D eigenvalue weighted by Crippen LogP contribution is -2.29. The van der Waals surface area contributed by atoms with Crippen molar-refractivity contribution in [3.63, 3.8) is 0 Å². The van der Waals surface area contributed by atoms with Crippen LogP contribution in [0, 0.1) is 18.7 Å². The van der Waals surface area contributed by atoms with Gasteiger partial charge in [-0.3, -0.25) is 14.5 Å². The number of carbonyl (C=O) groups is 2. The Morgan fingerprint density at radius 1 is 1.03 bits per heavy atom. The van der Waals surface area contributed by atoms with Gasteiger partial charge < -0.3 is 9.84 Å². The number of ketones is 1. The number of anilines is 1. The van der Waals surface area contributed by atoms with Crippen molar-refractivity contribution >= 4 is 23.1 Å². The Kier molecular flexibility index (Phi) is 6.50. The molecule has 0 aliphatic carbocycles. The molecule has 0 spiro atoms. The third-order valence-electron chi connectivity index (χ3n) is 5.69. The molecule has 0 saturated carbocycles. The van der Waals surface area contributed by atoms with Crippen LogP contribution in [0.25, 0.3) is 5.76 Å². The van der Waals surface area contributed by atoms with Gasteiger partial charge in [0.25, 0.3) is 11.7 Å². The predicted molar refractivity (Wildman–Crippen MR) is 129 cm³/mol. The molecule has 0 bridgehead atoms. The van der Waals surface area contributed by atoms with Crippen LogP contribution < -0.4 is 9.64 Å². The molecule has 0 radical (unpaired) electrons. The SMILES string of the molecule is Cc1cc(/C(O)=C2/C(=O)C(=O)N(c3ccc(F)cc3)C2c2ccccc2)ccc1OCC(C)C. The van der Waals surface area contributed by atoms with Gasteiger partial charge >= 0.3 is 0 Å². The zero-order chi connectivity index (χ0) is 24.4. The van der Waals surface area contributed by atoms with Gasteiger partial charge in [-0.1, -0.05) is 44.2 Å². The zero-order valence-corrected chi connectivity index (χ0v) is 19.3. The van der Waals surface area contributed by atoms with Gasteiger partial charge in [-0.05, 0) is 66.4 Å². The molecule has 34 heavy (non-hydrogen) atoms. The zero-order valence-electron chi connectivity index (χ0n) is 19.3. The molecule has 0 aromatic heterocycles. The summed E-state index contributed by atoms with van der Waals surface area (Å²) >= 11 is 0. The van der Waals surface area contributed by atoms with Crippen molar-refractivity contribution in [3.8, 4) is 5.75 Å². The summed E-state index contributed by atoms with van der Waals surface area (Å²) in [6.45, 7) is 6.53. The summed E-state index contributed by atoms with van der Waals surface area (Å²) in [6, 6.07) is 18.6. The molecular formula is C28H26FNO4. The summed E-state index contributed by atoms with van der Waals surface area (Å²) in [6.07, 6.45) is 0. The molecule has 5 nitrogen and oxygen atoms in total. The molecule has 1 atom stereocenters. The van der Waals surface area contributed by atoms with Crippen molar-refractivity contribution in [2.24, 2.45) is 5.92 Å². The lowest BCUT2D eigenvalue weighted by molar-refractivity contribution is -0.132. The van der Waals surface area contributed by atoms with E-state index in [1.165, 1.54) is 29.2 Å². The second kappa shape index (κ2) is 9.51. The average molecular weight is 460 g/mol. The number of amides is 1. The number of Topliss-reactive ketones (excluding diaryl/α,β-unsaturated/α-hetero) is 1. The number of nitrogens with zero attached hydrogens (tertiary/aromatic N) is 1. The van der Waals surface area contributed by atoms with Crippen LogP contribution in [0.3, 0.4) is 0 Å². The minimum Gasteiger partial charge on any atom is -0.507 e. The van der Waals surface area contributed by atoms with Gasteiger partial charge in [-0.2, -0.15) is 0 Å². The molecule has 3 aromatic rings. The van der Waals surface area contributed by atoms with E-state index in [1.54, 1.807) is 42.5 Å². The smallest absolute Gasteiger partial charge is 0.300 e. The van der Waals surface area contributed by atoms with E-state index in [4.69, 9.17) is 4.74 Å². The molecule has 1 fully saturated rings. The first-order valence-electron chi connectivity index (χ1n) is 11.1. The maximum Gasteiger partial charge on any atom is 0.300 e. The van der Waals surface area contributed by atoms with Gasteiger partial charge in [0.2, 0.25) is 0 Å². The Bertz CT molecular complexity index is 1250. The number of aliphatic hydroxyl groups excluding tert-OH is 1. The molecule has 1 aliphatic rings. The number of aliphatic hydroxyl groups is 1. The fraction of sp³-hybridized carbons (Fsp3) is 0.214. The van der Waals surface area contributed by atoms with Crippen LogP contribution in [0.2, 0.25) is 0 Å². The van der Waals surface area contributed by atoms with Gasteiger partial charge in [0.05, 0.1) is 18.2 Å². The highest BCUT2D eigenvalue weighted by Crippen LogP contribution is 2.42. The Morgan fingerprint density at radius 3 is 2.32 bits per heavy atom. The quantitative estimate of drug-likeness (QED) is 0.288. The Hall–Kier alpha value is -3.93. The fourth-order valence-corrected chi connectivity index (χ4v) is 4.02. The summed E-state index contributed by atoms with van der Waals surface area (Å²) in [4.78, 5) is 27.6. The Balaban J connectivity index is 1.83. The normalized spacial score (nSPS) is 17.4. The van der Waals surface area contributed by atoms with Crippen LogP contribution in [0.4, 0.5) is 10.1 Å². The lowest BCUT2D eigenvalue weighted by Gasteiger charge is -2.25. The van der Waals surface area contributed by atoms with Gasteiger partial charge in [0.15, 0.2) is 0 Å². The van der Waals surface area contributed by atoms with Crippen LogP contribution >= 0.6 is 0 Å². The minimum absolute atomic E-state index is 0.0178. The molecular weight excluding hydrogens is 433 g/mol. The minimum atomic E-state index is -0.858. The van der Waals surface area contributed by atoms with Crippen LogP contribution in [0.5, 0.6) is 5.75 Å². The number of ether oxygens (including phenoxy) is 1. The van der Waals surface area contributed by atoms with Crippen molar-refractivity contribution in [2.45, 2.75) is 26.8 Å². The van der Waals surface area contributed by atoms with Crippen LogP contribution in [0.15, 0.2) is 78.4 Å². The molecule has 1 amide bonds. The third-order valence-corrected chi connectivity index (χ3v) is 5.69. The molecule has 1 unspecified atom stereocenters. The van der Waals surface area contributed by atoms with Crippen molar-refractivity contribution in [1.29, 1.82) is 0 Å². The average Bonchev–Trinajstić information content (AvgIpc) is 3.09. The number of carbonyl (C=O) groups excluding carboxylic acids is 2. The molecule has 1 saturated heterocycles. The predicted octanol–water partition coefficient (Wildman–Crippen LogP) is 5.80. The van der Waals surface area contributed by atoms with Crippen molar-refractivity contribution < 1.29 is 23.8 Å². The maximum absolute atomic E-state index is 13.5. The van der Waals surface area contributed by atoms with Crippen molar-refractivity contribution in [3.05, 3.63) is 101 Å². The van der Waals surface area contributed by atoms with E-state index in [2.05, 4.69) is 13.8 Å². The second-order valence-electron chi connectivity index (χ2n) is 8.74. The fourth-order valence-electron chi connectivity index (χ4n) is 4.02. The van der Waals surface area contributed by atoms with Crippen LogP contribution in [-0.2, 0) is 9.59 Å². The van der Waals surface area contributed by atoms with E-state index in [-0.39, 0.29) is 11.3 Å². The van der Waals surface area contributed by atoms with Crippen molar-refractivity contribution in [2.75, 3.05) is 11.5 Å². The first kappa shape index (κ1) is 23.2. The van der Waals surface area contributed by atoms with Gasteiger partial charge in [-0.25, -0.2) is 4.39 Å². The molecule has 1 aliphatic heterocycles. The third kappa shape index (κ3) is 4.44. The lowest BCUT2D eigenvalue weighted by atomic mass is 9.94. The number of benzene rings is 3. The summed E-state index contributed by atoms with van der Waals surface area (Å²) in [5.41, 5.74) is 2.21. The van der Waals surface area contributed by atoms with Gasteiger partial charge in [-0.15, -0.1) is 0 Å². The number of halogens is 1. The molecule has 3 aromatic carbocycles. The van der Waals surface area contributed by atoms with E-state index in [0.29, 0.717) is 35.1 Å². The summed E-state index contributed by atoms with van der Waals surface area (Å²) in [5.74, 6) is -1.25. The number of rotatable bonds is 6. The largest absolute Gasteiger partial charge is 0.507 e. The van der Waals surface area contributed by atoms with Crippen LogP contribution in [-0.4, -0.2) is 23.4 Å². The van der Waals surface area contributed by atoms with E-state index in [1.807, 2.05) is 13.0 Å². The molecule has 174 valence electrons. The standard InChI is InChI=1S/C28H26FNO4/c1-17(2)16-34-23-14-9-20(15-18(23)3)26(31)24-25(19-7-5-4-6-8-19)30(28(33)27(24)32)22-12-10-21(29)11-13-22/h4-15,17,25,31H,16H2,1-3H3/b26-24-. The summed E-state index contributed by atoms with van der Waals surface area (Å²) in [5, 5.41) is 11.3. The van der Waals surface area contributed by atoms with Crippen molar-refractivity contribution in [1.82, 2.24) is 0 Å². The molecule has 6 heteroatoms. The monoisotopic (exact) mass is 459 g/mol. The van der Waals surface area contributed by atoms with Gasteiger partial charge in [0, 0.05) is 11.3 Å².